The second-order valence-corrected chi connectivity index (χ2v) is 11.4. The summed E-state index contributed by atoms with van der Waals surface area (Å²) in [5.74, 6) is 0. The molecule has 144 valence electrons. The summed E-state index contributed by atoms with van der Waals surface area (Å²) in [5, 5.41) is 0.678. The van der Waals surface area contributed by atoms with Crippen molar-refractivity contribution in [3.63, 3.8) is 0 Å². The van der Waals surface area contributed by atoms with Gasteiger partial charge in [0.1, 0.15) is 10.3 Å². The van der Waals surface area contributed by atoms with Crippen molar-refractivity contribution in [2.75, 3.05) is 13.1 Å². The second-order valence-electron chi connectivity index (χ2n) is 6.94. The summed E-state index contributed by atoms with van der Waals surface area (Å²) in [6.07, 6.45) is 1.36. The van der Waals surface area contributed by atoms with Crippen LogP contribution in [-0.2, 0) is 10.0 Å². The summed E-state index contributed by atoms with van der Waals surface area (Å²) in [6.45, 7) is 7.02. The predicted molar refractivity (Wildman–Crippen MR) is 111 cm³/mol. The summed E-state index contributed by atoms with van der Waals surface area (Å²) in [6, 6.07) is 7.74. The molecule has 0 spiro atoms. The molecule has 3 aromatic rings. The van der Waals surface area contributed by atoms with Gasteiger partial charge >= 0.3 is 0 Å². The topological polar surface area (TPSA) is 59.5 Å². The molecule has 1 aliphatic heterocycles. The molecule has 0 amide bonds. The lowest BCUT2D eigenvalue weighted by atomic mass is 10.1. The Morgan fingerprint density at radius 1 is 1.04 bits per heavy atom. The van der Waals surface area contributed by atoms with Crippen molar-refractivity contribution in [3.8, 4) is 5.19 Å². The van der Waals surface area contributed by atoms with Crippen LogP contribution in [0.5, 0.6) is 5.19 Å². The molecule has 8 heteroatoms. The van der Waals surface area contributed by atoms with Crippen molar-refractivity contribution in [3.05, 3.63) is 40.3 Å². The van der Waals surface area contributed by atoms with Crippen LogP contribution in [0.3, 0.4) is 0 Å². The van der Waals surface area contributed by atoms with Crippen LogP contribution in [0.25, 0.3) is 10.2 Å². The van der Waals surface area contributed by atoms with Gasteiger partial charge in [-0.2, -0.15) is 4.31 Å². The summed E-state index contributed by atoms with van der Waals surface area (Å²) in [5.41, 5.74) is 3.35. The molecule has 2 aromatic heterocycles. The first-order chi connectivity index (χ1) is 12.8. The Kier molecular flexibility index (Phi) is 5.00. The van der Waals surface area contributed by atoms with E-state index < -0.39 is 10.0 Å². The fourth-order valence-corrected chi connectivity index (χ4v) is 7.24. The van der Waals surface area contributed by atoms with E-state index >= 15 is 0 Å². The number of rotatable bonds is 4. The summed E-state index contributed by atoms with van der Waals surface area (Å²) >= 11 is 2.90. The Hall–Kier alpha value is -1.48. The standard InChI is InChI=1S/C19H22N2O3S3/c1-12-4-5-13(2)18-17(12)20-19(26-18)24-15-8-10-21(11-9-15)27(22,23)16-7-6-14(3)25-16/h4-7,15H,8-11H2,1-3H3. The Morgan fingerprint density at radius 3 is 2.37 bits per heavy atom. The largest absolute Gasteiger partial charge is 0.467 e. The molecule has 3 heterocycles. The molecule has 1 aromatic carbocycles. The Morgan fingerprint density at radius 2 is 1.74 bits per heavy atom. The van der Waals surface area contributed by atoms with Gasteiger partial charge in [0.2, 0.25) is 0 Å². The molecule has 0 radical (unpaired) electrons. The molecule has 0 saturated carbocycles. The number of hydrogen-bond donors (Lipinski definition) is 0. The zero-order valence-corrected chi connectivity index (χ0v) is 18.0. The minimum atomic E-state index is -3.39. The third-order valence-electron chi connectivity index (χ3n) is 4.90. The zero-order chi connectivity index (χ0) is 19.2. The van der Waals surface area contributed by atoms with E-state index in [9.17, 15) is 8.42 Å². The quantitative estimate of drug-likeness (QED) is 0.620. The van der Waals surface area contributed by atoms with Gasteiger partial charge in [0.05, 0.1) is 10.2 Å². The van der Waals surface area contributed by atoms with E-state index in [0.717, 1.165) is 20.7 Å². The number of piperidine rings is 1. The monoisotopic (exact) mass is 422 g/mol. The smallest absolute Gasteiger partial charge is 0.274 e. The van der Waals surface area contributed by atoms with Crippen molar-refractivity contribution in [2.45, 2.75) is 43.9 Å². The molecule has 1 fully saturated rings. The summed E-state index contributed by atoms with van der Waals surface area (Å²) < 4.78 is 34.8. The SMILES string of the molecule is Cc1ccc(S(=O)(=O)N2CCC(Oc3nc4c(C)ccc(C)c4s3)CC2)s1. The fourth-order valence-electron chi connectivity index (χ4n) is 3.30. The molecule has 27 heavy (non-hydrogen) atoms. The van der Waals surface area contributed by atoms with Crippen LogP contribution in [0.15, 0.2) is 28.5 Å². The number of sulfonamides is 1. The lowest BCUT2D eigenvalue weighted by Gasteiger charge is -2.30. The van der Waals surface area contributed by atoms with Crippen LogP contribution in [0.4, 0.5) is 0 Å². The maximum atomic E-state index is 12.7. The number of thiophene rings is 1. The van der Waals surface area contributed by atoms with Crippen molar-refractivity contribution in [1.29, 1.82) is 0 Å². The first-order valence-corrected chi connectivity index (χ1v) is 12.0. The van der Waals surface area contributed by atoms with Crippen LogP contribution in [0.1, 0.15) is 28.8 Å². The van der Waals surface area contributed by atoms with E-state index in [1.54, 1.807) is 21.7 Å². The van der Waals surface area contributed by atoms with Gasteiger partial charge in [-0.15, -0.1) is 11.3 Å². The van der Waals surface area contributed by atoms with Crippen molar-refractivity contribution in [1.82, 2.24) is 9.29 Å². The molecule has 0 N–H and O–H groups in total. The molecule has 1 saturated heterocycles. The lowest BCUT2D eigenvalue weighted by Crippen LogP contribution is -2.41. The van der Waals surface area contributed by atoms with Crippen LogP contribution < -0.4 is 4.74 Å². The van der Waals surface area contributed by atoms with Crippen molar-refractivity contribution in [2.24, 2.45) is 0 Å². The number of ether oxygens (including phenoxy) is 1. The average Bonchev–Trinajstić information content (AvgIpc) is 3.26. The molecule has 0 aliphatic carbocycles. The van der Waals surface area contributed by atoms with Gasteiger partial charge in [-0.25, -0.2) is 13.4 Å². The third-order valence-corrected chi connectivity index (χ3v) is 9.35. The molecular weight excluding hydrogens is 400 g/mol. The first kappa shape index (κ1) is 18.9. The van der Waals surface area contributed by atoms with Gasteiger partial charge in [0, 0.05) is 18.0 Å². The maximum absolute atomic E-state index is 12.7. The summed E-state index contributed by atoms with van der Waals surface area (Å²) in [4.78, 5) is 5.66. The van der Waals surface area contributed by atoms with Crippen molar-refractivity contribution >= 4 is 42.9 Å². The van der Waals surface area contributed by atoms with Gasteiger partial charge in [-0.3, -0.25) is 0 Å². The number of hydrogen-bond acceptors (Lipinski definition) is 6. The highest BCUT2D eigenvalue weighted by atomic mass is 32.2. The van der Waals surface area contributed by atoms with Crippen LogP contribution in [0.2, 0.25) is 0 Å². The number of aromatic nitrogens is 1. The molecular formula is C19H22N2O3S3. The van der Waals surface area contributed by atoms with Gasteiger partial charge in [-0.1, -0.05) is 23.5 Å². The normalized spacial score (nSPS) is 16.9. The number of thiazole rings is 1. The third kappa shape index (κ3) is 3.63. The molecule has 0 bridgehead atoms. The molecule has 0 atom stereocenters. The number of benzene rings is 1. The molecule has 0 unspecified atom stereocenters. The average molecular weight is 423 g/mol. The molecule has 1 aliphatic rings. The van der Waals surface area contributed by atoms with E-state index in [2.05, 4.69) is 31.0 Å². The number of nitrogens with zero attached hydrogens (tertiary/aromatic N) is 2. The predicted octanol–water partition coefficient (Wildman–Crippen LogP) is 4.52. The van der Waals surface area contributed by atoms with Crippen LogP contribution in [-0.4, -0.2) is 36.9 Å². The fraction of sp³-hybridized carbons (Fsp3) is 0.421. The maximum Gasteiger partial charge on any atom is 0.274 e. The van der Waals surface area contributed by atoms with Crippen LogP contribution in [0, 0.1) is 20.8 Å². The first-order valence-electron chi connectivity index (χ1n) is 8.94. The van der Waals surface area contributed by atoms with E-state index in [0.29, 0.717) is 35.3 Å². The van der Waals surface area contributed by atoms with E-state index in [-0.39, 0.29) is 6.10 Å². The molecule has 4 rings (SSSR count). The van der Waals surface area contributed by atoms with Crippen LogP contribution >= 0.6 is 22.7 Å². The number of fused-ring (bicyclic) bond motifs is 1. The highest BCUT2D eigenvalue weighted by Gasteiger charge is 2.31. The van der Waals surface area contributed by atoms with Crippen molar-refractivity contribution < 1.29 is 13.2 Å². The second kappa shape index (κ2) is 7.16. The minimum absolute atomic E-state index is 0.00250. The van der Waals surface area contributed by atoms with Gasteiger partial charge in [0.15, 0.2) is 0 Å². The van der Waals surface area contributed by atoms with E-state index in [4.69, 9.17) is 4.74 Å². The minimum Gasteiger partial charge on any atom is -0.467 e. The van der Waals surface area contributed by atoms with Gasteiger partial charge in [0.25, 0.3) is 15.2 Å². The molecule has 5 nitrogen and oxygen atoms in total. The highest BCUT2D eigenvalue weighted by Crippen LogP contribution is 2.34. The Balaban J connectivity index is 1.44. The van der Waals surface area contributed by atoms with E-state index in [1.165, 1.54) is 16.9 Å². The van der Waals surface area contributed by atoms with Gasteiger partial charge in [-0.05, 0) is 56.9 Å². The lowest BCUT2D eigenvalue weighted by molar-refractivity contribution is 0.135. The Bertz CT molecular complexity index is 1040. The van der Waals surface area contributed by atoms with Gasteiger partial charge < -0.3 is 4.74 Å². The van der Waals surface area contributed by atoms with E-state index in [1.807, 2.05) is 13.0 Å². The zero-order valence-electron chi connectivity index (χ0n) is 15.6. The number of aryl methyl sites for hydroxylation is 3. The summed E-state index contributed by atoms with van der Waals surface area (Å²) in [7, 11) is -3.39. The Labute approximate surface area is 167 Å². The highest BCUT2D eigenvalue weighted by molar-refractivity contribution is 7.91.